The SMILES string of the molecule is CC1CC(C)CN(C(=O)CCCc2ccccc2)C1. The molecule has 0 aromatic heterocycles. The molecule has 1 saturated heterocycles. The number of carbonyl (C=O) groups excluding carboxylic acids is 1. The highest BCUT2D eigenvalue weighted by molar-refractivity contribution is 5.76. The second-order valence-corrected chi connectivity index (χ2v) is 6.08. The third-order valence-corrected chi connectivity index (χ3v) is 3.92. The van der Waals surface area contributed by atoms with Crippen LogP contribution in [-0.2, 0) is 11.2 Å². The average molecular weight is 259 g/mol. The molecule has 0 aliphatic carbocycles. The van der Waals surface area contributed by atoms with Crippen LogP contribution in [0.4, 0.5) is 0 Å². The van der Waals surface area contributed by atoms with E-state index in [0.29, 0.717) is 24.2 Å². The van der Waals surface area contributed by atoms with Gasteiger partial charge in [0.2, 0.25) is 5.91 Å². The topological polar surface area (TPSA) is 20.3 Å². The van der Waals surface area contributed by atoms with Gasteiger partial charge in [0.15, 0.2) is 0 Å². The lowest BCUT2D eigenvalue weighted by Crippen LogP contribution is -2.42. The zero-order valence-electron chi connectivity index (χ0n) is 12.1. The number of carbonyl (C=O) groups is 1. The van der Waals surface area contributed by atoms with E-state index in [0.717, 1.165) is 25.9 Å². The molecule has 104 valence electrons. The molecule has 1 aromatic carbocycles. The smallest absolute Gasteiger partial charge is 0.222 e. The van der Waals surface area contributed by atoms with Crippen molar-refractivity contribution in [1.82, 2.24) is 4.90 Å². The Morgan fingerprint density at radius 1 is 1.16 bits per heavy atom. The molecule has 2 heteroatoms. The van der Waals surface area contributed by atoms with Crippen molar-refractivity contribution >= 4 is 5.91 Å². The fourth-order valence-electron chi connectivity index (χ4n) is 3.11. The number of nitrogens with zero attached hydrogens (tertiary/aromatic N) is 1. The van der Waals surface area contributed by atoms with E-state index in [-0.39, 0.29) is 0 Å². The van der Waals surface area contributed by atoms with Crippen molar-refractivity contribution in [2.24, 2.45) is 11.8 Å². The number of aryl methyl sites for hydroxylation is 1. The predicted molar refractivity (Wildman–Crippen MR) is 78.9 cm³/mol. The Balaban J connectivity index is 1.75. The minimum absolute atomic E-state index is 0.342. The molecule has 0 spiro atoms. The highest BCUT2D eigenvalue weighted by atomic mass is 16.2. The number of piperidine rings is 1. The average Bonchev–Trinajstić information content (AvgIpc) is 2.38. The van der Waals surface area contributed by atoms with Gasteiger partial charge in [-0.05, 0) is 36.7 Å². The molecule has 0 saturated carbocycles. The van der Waals surface area contributed by atoms with Crippen LogP contribution < -0.4 is 0 Å². The number of rotatable bonds is 4. The molecular weight excluding hydrogens is 234 g/mol. The summed E-state index contributed by atoms with van der Waals surface area (Å²) >= 11 is 0. The molecule has 0 bridgehead atoms. The molecule has 1 aliphatic heterocycles. The van der Waals surface area contributed by atoms with Crippen molar-refractivity contribution in [2.45, 2.75) is 39.5 Å². The number of hydrogen-bond acceptors (Lipinski definition) is 1. The molecule has 2 rings (SSSR count). The Kier molecular flexibility index (Phi) is 5.00. The normalized spacial score (nSPS) is 23.4. The molecule has 0 radical (unpaired) electrons. The lowest BCUT2D eigenvalue weighted by atomic mass is 9.91. The Labute approximate surface area is 116 Å². The maximum atomic E-state index is 12.2. The van der Waals surface area contributed by atoms with Gasteiger partial charge in [0.1, 0.15) is 0 Å². The lowest BCUT2D eigenvalue weighted by molar-refractivity contribution is -0.133. The molecule has 2 unspecified atom stereocenters. The molecule has 2 nitrogen and oxygen atoms in total. The first-order valence-electron chi connectivity index (χ1n) is 7.47. The summed E-state index contributed by atoms with van der Waals surface area (Å²) in [5.41, 5.74) is 1.33. The third kappa shape index (κ3) is 4.38. The van der Waals surface area contributed by atoms with Gasteiger partial charge in [-0.1, -0.05) is 44.2 Å². The summed E-state index contributed by atoms with van der Waals surface area (Å²) in [6.45, 7) is 6.41. The highest BCUT2D eigenvalue weighted by Gasteiger charge is 2.24. The zero-order chi connectivity index (χ0) is 13.7. The van der Waals surface area contributed by atoms with Crippen LogP contribution in [0.15, 0.2) is 30.3 Å². The second kappa shape index (κ2) is 6.74. The number of amides is 1. The quantitative estimate of drug-likeness (QED) is 0.810. The Morgan fingerprint density at radius 2 is 1.79 bits per heavy atom. The highest BCUT2D eigenvalue weighted by Crippen LogP contribution is 2.21. The van der Waals surface area contributed by atoms with E-state index in [1.54, 1.807) is 0 Å². The van der Waals surface area contributed by atoms with Gasteiger partial charge in [-0.15, -0.1) is 0 Å². The maximum Gasteiger partial charge on any atom is 0.222 e. The van der Waals surface area contributed by atoms with Crippen LogP contribution in [0.2, 0.25) is 0 Å². The largest absolute Gasteiger partial charge is 0.342 e. The molecule has 2 atom stereocenters. The fourth-order valence-corrected chi connectivity index (χ4v) is 3.11. The van der Waals surface area contributed by atoms with Crippen LogP contribution >= 0.6 is 0 Å². The van der Waals surface area contributed by atoms with Gasteiger partial charge in [0.25, 0.3) is 0 Å². The van der Waals surface area contributed by atoms with Crippen LogP contribution in [0, 0.1) is 11.8 Å². The van der Waals surface area contributed by atoms with E-state index < -0.39 is 0 Å². The standard InChI is InChI=1S/C17H25NO/c1-14-11-15(2)13-18(12-14)17(19)10-6-9-16-7-4-3-5-8-16/h3-5,7-8,14-15H,6,9-13H2,1-2H3. The van der Waals surface area contributed by atoms with E-state index in [4.69, 9.17) is 0 Å². The predicted octanol–water partition coefficient (Wildman–Crippen LogP) is 3.51. The summed E-state index contributed by atoms with van der Waals surface area (Å²) in [5, 5.41) is 0. The summed E-state index contributed by atoms with van der Waals surface area (Å²) < 4.78 is 0. The number of hydrogen-bond donors (Lipinski definition) is 0. The minimum Gasteiger partial charge on any atom is -0.342 e. The summed E-state index contributed by atoms with van der Waals surface area (Å²) in [6, 6.07) is 10.4. The first-order chi connectivity index (χ1) is 9.15. The van der Waals surface area contributed by atoms with Gasteiger partial charge in [-0.2, -0.15) is 0 Å². The Bertz CT molecular complexity index is 391. The van der Waals surface area contributed by atoms with Crippen LogP contribution in [0.1, 0.15) is 38.7 Å². The molecule has 0 N–H and O–H groups in total. The third-order valence-electron chi connectivity index (χ3n) is 3.92. The van der Waals surface area contributed by atoms with E-state index in [9.17, 15) is 4.79 Å². The Morgan fingerprint density at radius 3 is 2.42 bits per heavy atom. The van der Waals surface area contributed by atoms with Crippen molar-refractivity contribution < 1.29 is 4.79 Å². The first kappa shape index (κ1) is 14.1. The zero-order valence-corrected chi connectivity index (χ0v) is 12.1. The van der Waals surface area contributed by atoms with Gasteiger partial charge in [0, 0.05) is 19.5 Å². The van der Waals surface area contributed by atoms with Crippen LogP contribution in [0.25, 0.3) is 0 Å². The molecule has 19 heavy (non-hydrogen) atoms. The summed E-state index contributed by atoms with van der Waals surface area (Å²) in [4.78, 5) is 14.3. The van der Waals surface area contributed by atoms with Crippen molar-refractivity contribution in [3.05, 3.63) is 35.9 Å². The van der Waals surface area contributed by atoms with Crippen LogP contribution in [-0.4, -0.2) is 23.9 Å². The summed E-state index contributed by atoms with van der Waals surface area (Å²) in [5.74, 6) is 1.65. The van der Waals surface area contributed by atoms with E-state index in [2.05, 4.69) is 43.0 Å². The van der Waals surface area contributed by atoms with Crippen LogP contribution in [0.3, 0.4) is 0 Å². The monoisotopic (exact) mass is 259 g/mol. The molecule has 1 aliphatic rings. The summed E-state index contributed by atoms with van der Waals surface area (Å²) in [6.07, 6.45) is 3.91. The molecular formula is C17H25NO. The van der Waals surface area contributed by atoms with Gasteiger partial charge in [0.05, 0.1) is 0 Å². The van der Waals surface area contributed by atoms with Crippen molar-refractivity contribution in [2.75, 3.05) is 13.1 Å². The van der Waals surface area contributed by atoms with Gasteiger partial charge >= 0.3 is 0 Å². The first-order valence-corrected chi connectivity index (χ1v) is 7.47. The Hall–Kier alpha value is -1.31. The van der Waals surface area contributed by atoms with Crippen molar-refractivity contribution in [3.8, 4) is 0 Å². The molecule has 1 amide bonds. The minimum atomic E-state index is 0.342. The molecule has 1 aromatic rings. The van der Waals surface area contributed by atoms with E-state index >= 15 is 0 Å². The maximum absolute atomic E-state index is 12.2. The fraction of sp³-hybridized carbons (Fsp3) is 0.588. The van der Waals surface area contributed by atoms with E-state index in [1.165, 1.54) is 12.0 Å². The lowest BCUT2D eigenvalue weighted by Gasteiger charge is -2.35. The molecule has 1 fully saturated rings. The van der Waals surface area contributed by atoms with Gasteiger partial charge in [-0.3, -0.25) is 4.79 Å². The number of likely N-dealkylation sites (tertiary alicyclic amines) is 1. The van der Waals surface area contributed by atoms with Crippen LogP contribution in [0.5, 0.6) is 0 Å². The van der Waals surface area contributed by atoms with E-state index in [1.807, 2.05) is 6.07 Å². The van der Waals surface area contributed by atoms with Gasteiger partial charge < -0.3 is 4.90 Å². The second-order valence-electron chi connectivity index (χ2n) is 6.08. The molecule has 1 heterocycles. The van der Waals surface area contributed by atoms with Gasteiger partial charge in [-0.25, -0.2) is 0 Å². The number of benzene rings is 1. The van der Waals surface area contributed by atoms with Crippen molar-refractivity contribution in [1.29, 1.82) is 0 Å². The summed E-state index contributed by atoms with van der Waals surface area (Å²) in [7, 11) is 0. The van der Waals surface area contributed by atoms with Crippen molar-refractivity contribution in [3.63, 3.8) is 0 Å².